The molecule has 106 valence electrons. The molecule has 0 aliphatic carbocycles. The maximum atomic E-state index is 10.5. The van der Waals surface area contributed by atoms with Gasteiger partial charge >= 0.3 is 5.97 Å². The molecule has 2 N–H and O–H groups in total. The van der Waals surface area contributed by atoms with Crippen molar-refractivity contribution in [3.05, 3.63) is 12.2 Å². The molecule has 0 aromatic carbocycles. The number of hydrogen-bond donors (Lipinski definition) is 2. The zero-order valence-corrected chi connectivity index (χ0v) is 11.5. The third-order valence-electron chi connectivity index (χ3n) is 2.73. The highest BCUT2D eigenvalue weighted by molar-refractivity contribution is 5.65. The number of carbonyl (C=O) groups excluding carboxylic acids is 1. The quantitative estimate of drug-likeness (QED) is 0.358. The molecule has 2 atom stereocenters. The highest BCUT2D eigenvalue weighted by Gasteiger charge is 2.11. The first-order valence-corrected chi connectivity index (χ1v) is 6.70. The van der Waals surface area contributed by atoms with E-state index in [1.165, 1.54) is 6.92 Å². The molecule has 0 spiro atoms. The van der Waals surface area contributed by atoms with Gasteiger partial charge < -0.3 is 14.9 Å². The van der Waals surface area contributed by atoms with Gasteiger partial charge in [0.15, 0.2) is 0 Å². The minimum atomic E-state index is -0.751. The van der Waals surface area contributed by atoms with E-state index in [4.69, 9.17) is 4.74 Å². The fraction of sp³-hybridized carbons (Fsp3) is 0.786. The van der Waals surface area contributed by atoms with E-state index in [9.17, 15) is 15.0 Å². The van der Waals surface area contributed by atoms with Gasteiger partial charge in [-0.2, -0.15) is 0 Å². The van der Waals surface area contributed by atoms with Crippen LogP contribution >= 0.6 is 0 Å². The zero-order valence-electron chi connectivity index (χ0n) is 11.5. The number of rotatable bonds is 10. The molecule has 0 bridgehead atoms. The Morgan fingerprint density at radius 2 is 1.78 bits per heavy atom. The average molecular weight is 258 g/mol. The Morgan fingerprint density at radius 1 is 1.17 bits per heavy atom. The second kappa shape index (κ2) is 11.2. The van der Waals surface area contributed by atoms with Gasteiger partial charge in [0.25, 0.3) is 0 Å². The van der Waals surface area contributed by atoms with Crippen LogP contribution in [-0.2, 0) is 9.53 Å². The molecule has 0 amide bonds. The lowest BCUT2D eigenvalue weighted by atomic mass is 10.0. The van der Waals surface area contributed by atoms with Crippen molar-refractivity contribution in [2.45, 2.75) is 64.6 Å². The van der Waals surface area contributed by atoms with Crippen molar-refractivity contribution >= 4 is 5.97 Å². The van der Waals surface area contributed by atoms with Crippen LogP contribution in [0.5, 0.6) is 0 Å². The Kier molecular flexibility index (Phi) is 10.7. The maximum Gasteiger partial charge on any atom is 0.302 e. The number of ether oxygens (including phenoxy) is 1. The topological polar surface area (TPSA) is 66.8 Å². The van der Waals surface area contributed by atoms with Gasteiger partial charge in [0.2, 0.25) is 0 Å². The van der Waals surface area contributed by atoms with Gasteiger partial charge in [0.1, 0.15) is 0 Å². The van der Waals surface area contributed by atoms with Crippen LogP contribution in [0.1, 0.15) is 52.4 Å². The summed E-state index contributed by atoms with van der Waals surface area (Å²) in [7, 11) is 0. The number of unbranched alkanes of at least 4 members (excludes halogenated alkanes) is 4. The van der Waals surface area contributed by atoms with Crippen molar-refractivity contribution < 1.29 is 19.7 Å². The van der Waals surface area contributed by atoms with Crippen LogP contribution in [0.25, 0.3) is 0 Å². The molecule has 0 fully saturated rings. The Balaban J connectivity index is 3.32. The van der Waals surface area contributed by atoms with E-state index in [-0.39, 0.29) is 5.97 Å². The summed E-state index contributed by atoms with van der Waals surface area (Å²) < 4.78 is 4.83. The number of aliphatic hydroxyl groups is 2. The van der Waals surface area contributed by atoms with Gasteiger partial charge in [-0.25, -0.2) is 0 Å². The predicted octanol–water partition coefficient (Wildman–Crippen LogP) is 2.19. The number of esters is 1. The maximum absolute atomic E-state index is 10.5. The first-order valence-electron chi connectivity index (χ1n) is 6.70. The van der Waals surface area contributed by atoms with Gasteiger partial charge in [0.05, 0.1) is 18.8 Å². The molecule has 0 unspecified atom stereocenters. The van der Waals surface area contributed by atoms with E-state index < -0.39 is 12.2 Å². The molecule has 0 radical (unpaired) electrons. The first-order chi connectivity index (χ1) is 8.57. The molecule has 0 aromatic heterocycles. The van der Waals surface area contributed by atoms with Crippen LogP contribution in [0.15, 0.2) is 12.2 Å². The van der Waals surface area contributed by atoms with E-state index in [1.807, 2.05) is 6.92 Å². The lowest BCUT2D eigenvalue weighted by Gasteiger charge is -2.14. The standard InChI is InChI=1S/C14H26O4/c1-3-9-13(16)14(17)10-7-5-4-6-8-11-18-12(2)15/h3,9,13-14,16-17H,4-8,10-11H2,1-2H3/b9-3+/t13-,14-/m1/s1. The SMILES string of the molecule is C/C=C/[C@@H](O)[C@H](O)CCCCCCCOC(C)=O. The van der Waals surface area contributed by atoms with Crippen molar-refractivity contribution in [1.29, 1.82) is 0 Å². The Labute approximate surface area is 110 Å². The summed E-state index contributed by atoms with van der Waals surface area (Å²) >= 11 is 0. The number of hydrogen-bond acceptors (Lipinski definition) is 4. The minimum absolute atomic E-state index is 0.226. The molecule has 0 aliphatic heterocycles. The zero-order chi connectivity index (χ0) is 13.8. The third kappa shape index (κ3) is 10.3. The minimum Gasteiger partial charge on any atom is -0.466 e. The summed E-state index contributed by atoms with van der Waals surface area (Å²) in [6.45, 7) is 3.73. The summed E-state index contributed by atoms with van der Waals surface area (Å²) in [4.78, 5) is 10.5. The van der Waals surface area contributed by atoms with E-state index in [0.29, 0.717) is 13.0 Å². The highest BCUT2D eigenvalue weighted by Crippen LogP contribution is 2.10. The molecule has 0 heterocycles. The number of allylic oxidation sites excluding steroid dienone is 1. The highest BCUT2D eigenvalue weighted by atomic mass is 16.5. The van der Waals surface area contributed by atoms with Crippen molar-refractivity contribution in [2.24, 2.45) is 0 Å². The Bertz CT molecular complexity index is 238. The number of carbonyl (C=O) groups is 1. The number of aliphatic hydroxyl groups excluding tert-OH is 2. The van der Waals surface area contributed by atoms with E-state index in [2.05, 4.69) is 0 Å². The van der Waals surface area contributed by atoms with Gasteiger partial charge in [-0.1, -0.05) is 37.8 Å². The molecular weight excluding hydrogens is 232 g/mol. The fourth-order valence-electron chi connectivity index (χ4n) is 1.70. The van der Waals surface area contributed by atoms with E-state index in [0.717, 1.165) is 32.1 Å². The van der Waals surface area contributed by atoms with Crippen molar-refractivity contribution in [1.82, 2.24) is 0 Å². The summed E-state index contributed by atoms with van der Waals surface area (Å²) in [5.74, 6) is -0.226. The van der Waals surface area contributed by atoms with Crippen molar-refractivity contribution in [3.8, 4) is 0 Å². The fourth-order valence-corrected chi connectivity index (χ4v) is 1.70. The monoisotopic (exact) mass is 258 g/mol. The molecule has 18 heavy (non-hydrogen) atoms. The van der Waals surface area contributed by atoms with Crippen molar-refractivity contribution in [3.63, 3.8) is 0 Å². The van der Waals surface area contributed by atoms with Crippen LogP contribution in [0.3, 0.4) is 0 Å². The van der Waals surface area contributed by atoms with Gasteiger partial charge in [-0.05, 0) is 19.8 Å². The molecule has 0 saturated heterocycles. The second-order valence-corrected chi connectivity index (χ2v) is 4.48. The van der Waals surface area contributed by atoms with Crippen LogP contribution in [0.4, 0.5) is 0 Å². The smallest absolute Gasteiger partial charge is 0.302 e. The summed E-state index contributed by atoms with van der Waals surface area (Å²) in [6.07, 6.45) is 7.46. The normalized spacial score (nSPS) is 14.7. The first kappa shape index (κ1) is 17.1. The summed E-state index contributed by atoms with van der Waals surface area (Å²) in [5.41, 5.74) is 0. The summed E-state index contributed by atoms with van der Waals surface area (Å²) in [6, 6.07) is 0. The van der Waals surface area contributed by atoms with Gasteiger partial charge in [-0.15, -0.1) is 0 Å². The Morgan fingerprint density at radius 3 is 2.39 bits per heavy atom. The van der Waals surface area contributed by atoms with E-state index >= 15 is 0 Å². The third-order valence-corrected chi connectivity index (χ3v) is 2.73. The molecule has 0 aliphatic rings. The second-order valence-electron chi connectivity index (χ2n) is 4.48. The van der Waals surface area contributed by atoms with Crippen LogP contribution in [0.2, 0.25) is 0 Å². The molecular formula is C14H26O4. The van der Waals surface area contributed by atoms with Crippen molar-refractivity contribution in [2.75, 3.05) is 6.61 Å². The summed E-state index contributed by atoms with van der Waals surface area (Å²) in [5, 5.41) is 19.0. The molecule has 0 rings (SSSR count). The lowest BCUT2D eigenvalue weighted by molar-refractivity contribution is -0.141. The van der Waals surface area contributed by atoms with Gasteiger partial charge in [-0.3, -0.25) is 4.79 Å². The lowest BCUT2D eigenvalue weighted by Crippen LogP contribution is -2.23. The van der Waals surface area contributed by atoms with E-state index in [1.54, 1.807) is 12.2 Å². The van der Waals surface area contributed by atoms with Crippen LogP contribution in [0, 0.1) is 0 Å². The largest absolute Gasteiger partial charge is 0.466 e. The molecule has 4 nitrogen and oxygen atoms in total. The average Bonchev–Trinajstić information content (AvgIpc) is 2.32. The predicted molar refractivity (Wildman–Crippen MR) is 71.2 cm³/mol. The van der Waals surface area contributed by atoms with Crippen LogP contribution in [-0.4, -0.2) is 35.0 Å². The molecule has 0 aromatic rings. The van der Waals surface area contributed by atoms with Gasteiger partial charge in [0, 0.05) is 6.92 Å². The molecule has 4 heteroatoms. The molecule has 0 saturated carbocycles. The van der Waals surface area contributed by atoms with Crippen LogP contribution < -0.4 is 0 Å². The Hall–Kier alpha value is -0.870.